The zero-order valence-electron chi connectivity index (χ0n) is 11.0. The lowest BCUT2D eigenvalue weighted by molar-refractivity contribution is -0.117. The van der Waals surface area contributed by atoms with Crippen molar-refractivity contribution < 1.29 is 4.79 Å². The lowest BCUT2D eigenvalue weighted by Crippen LogP contribution is -2.34. The molecule has 1 amide bonds. The number of piperidine rings is 1. The Labute approximate surface area is 123 Å². The van der Waals surface area contributed by atoms with Crippen LogP contribution in [0.3, 0.4) is 0 Å². The molecule has 0 bridgehead atoms. The topological polar surface area (TPSA) is 32.3 Å². The summed E-state index contributed by atoms with van der Waals surface area (Å²) in [6.45, 7) is 2.11. The molecule has 0 radical (unpaired) electrons. The molecule has 0 saturated carbocycles. The average molecular weight is 301 g/mol. The van der Waals surface area contributed by atoms with Gasteiger partial charge in [0.2, 0.25) is 5.91 Å². The van der Waals surface area contributed by atoms with Crippen LogP contribution >= 0.6 is 23.2 Å². The van der Waals surface area contributed by atoms with Crippen LogP contribution in [0.25, 0.3) is 0 Å². The number of hydrogen-bond acceptors (Lipinski definition) is 2. The van der Waals surface area contributed by atoms with Crippen LogP contribution in [-0.4, -0.2) is 30.9 Å². The van der Waals surface area contributed by atoms with Gasteiger partial charge in [0.05, 0.1) is 10.7 Å². The quantitative estimate of drug-likeness (QED) is 0.924. The minimum Gasteiger partial charge on any atom is -0.325 e. The van der Waals surface area contributed by atoms with Crippen LogP contribution in [0, 0.1) is 5.92 Å². The Kier molecular flexibility index (Phi) is 5.08. The Bertz CT molecular complexity index is 465. The van der Waals surface area contributed by atoms with Gasteiger partial charge in [0, 0.05) is 18.0 Å². The van der Waals surface area contributed by atoms with E-state index in [1.54, 1.807) is 18.2 Å². The smallest absolute Gasteiger partial charge is 0.224 e. The molecule has 1 saturated heterocycles. The molecule has 1 heterocycles. The Hall–Kier alpha value is -0.770. The lowest BCUT2D eigenvalue weighted by Gasteiger charge is -2.29. The number of hydrogen-bond donors (Lipinski definition) is 1. The highest BCUT2D eigenvalue weighted by Crippen LogP contribution is 2.26. The fraction of sp³-hybridized carbons (Fsp3) is 0.500. The molecule has 0 aromatic heterocycles. The van der Waals surface area contributed by atoms with E-state index in [0.29, 0.717) is 28.1 Å². The summed E-state index contributed by atoms with van der Waals surface area (Å²) in [6, 6.07) is 5.08. The standard InChI is InChI=1S/C14H18Cl2N2O/c1-18-6-2-3-10(9-18)7-14(19)17-13-5-4-11(15)8-12(13)16/h4-5,8,10H,2-3,6-7,9H2,1H3,(H,17,19). The number of carbonyl (C=O) groups excluding carboxylic acids is 1. The van der Waals surface area contributed by atoms with Gasteiger partial charge in [-0.05, 0) is 50.6 Å². The summed E-state index contributed by atoms with van der Waals surface area (Å²) in [6.07, 6.45) is 2.82. The highest BCUT2D eigenvalue weighted by molar-refractivity contribution is 6.36. The van der Waals surface area contributed by atoms with Crippen LogP contribution < -0.4 is 5.32 Å². The zero-order valence-corrected chi connectivity index (χ0v) is 12.5. The number of nitrogens with zero attached hydrogens (tertiary/aromatic N) is 1. The summed E-state index contributed by atoms with van der Waals surface area (Å²) in [5, 5.41) is 3.89. The third kappa shape index (κ3) is 4.37. The first-order valence-electron chi connectivity index (χ1n) is 6.48. The summed E-state index contributed by atoms with van der Waals surface area (Å²) in [4.78, 5) is 14.3. The van der Waals surface area contributed by atoms with Crippen molar-refractivity contribution in [1.29, 1.82) is 0 Å². The van der Waals surface area contributed by atoms with Gasteiger partial charge in [-0.15, -0.1) is 0 Å². The van der Waals surface area contributed by atoms with E-state index in [-0.39, 0.29) is 5.91 Å². The van der Waals surface area contributed by atoms with Crippen molar-refractivity contribution in [1.82, 2.24) is 4.90 Å². The van der Waals surface area contributed by atoms with Gasteiger partial charge in [-0.1, -0.05) is 23.2 Å². The van der Waals surface area contributed by atoms with E-state index in [1.807, 2.05) is 0 Å². The molecule has 1 aromatic rings. The second kappa shape index (κ2) is 6.60. The van der Waals surface area contributed by atoms with E-state index in [2.05, 4.69) is 17.3 Å². The number of rotatable bonds is 3. The van der Waals surface area contributed by atoms with Crippen molar-refractivity contribution in [3.8, 4) is 0 Å². The van der Waals surface area contributed by atoms with Crippen molar-refractivity contribution in [2.75, 3.05) is 25.5 Å². The summed E-state index contributed by atoms with van der Waals surface area (Å²) < 4.78 is 0. The van der Waals surface area contributed by atoms with Crippen molar-refractivity contribution >= 4 is 34.8 Å². The molecule has 0 aliphatic carbocycles. The van der Waals surface area contributed by atoms with E-state index in [1.165, 1.54) is 0 Å². The molecule has 1 N–H and O–H groups in total. The number of carbonyl (C=O) groups is 1. The van der Waals surface area contributed by atoms with Gasteiger partial charge in [0.25, 0.3) is 0 Å². The van der Waals surface area contributed by atoms with Gasteiger partial charge in [0.1, 0.15) is 0 Å². The molecule has 19 heavy (non-hydrogen) atoms. The molecule has 2 rings (SSSR count). The highest BCUT2D eigenvalue weighted by Gasteiger charge is 2.20. The summed E-state index contributed by atoms with van der Waals surface area (Å²) in [7, 11) is 2.10. The van der Waals surface area contributed by atoms with Crippen LogP contribution in [0.4, 0.5) is 5.69 Å². The number of amides is 1. The second-order valence-corrected chi connectivity index (χ2v) is 5.99. The Morgan fingerprint density at radius 3 is 2.95 bits per heavy atom. The molecule has 1 aliphatic heterocycles. The molecule has 1 fully saturated rings. The van der Waals surface area contributed by atoms with Crippen molar-refractivity contribution in [2.24, 2.45) is 5.92 Å². The molecule has 104 valence electrons. The van der Waals surface area contributed by atoms with Crippen LogP contribution in [0.15, 0.2) is 18.2 Å². The summed E-state index contributed by atoms with van der Waals surface area (Å²) in [5.74, 6) is 0.453. The number of anilines is 1. The minimum absolute atomic E-state index is 0.0181. The molecular formula is C14H18Cl2N2O. The van der Waals surface area contributed by atoms with Crippen molar-refractivity contribution in [3.05, 3.63) is 28.2 Å². The number of likely N-dealkylation sites (tertiary alicyclic amines) is 1. The third-order valence-corrected chi connectivity index (χ3v) is 3.95. The maximum absolute atomic E-state index is 12.0. The van der Waals surface area contributed by atoms with Gasteiger partial charge in [0.15, 0.2) is 0 Å². The highest BCUT2D eigenvalue weighted by atomic mass is 35.5. The number of halogens is 2. The predicted octanol–water partition coefficient (Wildman–Crippen LogP) is 3.66. The van der Waals surface area contributed by atoms with Crippen LogP contribution in [-0.2, 0) is 4.79 Å². The second-order valence-electron chi connectivity index (χ2n) is 5.15. The fourth-order valence-electron chi connectivity index (χ4n) is 2.49. The van der Waals surface area contributed by atoms with E-state index < -0.39 is 0 Å². The van der Waals surface area contributed by atoms with Gasteiger partial charge in [-0.2, -0.15) is 0 Å². The molecule has 5 heteroatoms. The summed E-state index contributed by atoms with van der Waals surface area (Å²) in [5.41, 5.74) is 0.625. The monoisotopic (exact) mass is 300 g/mol. The van der Waals surface area contributed by atoms with Gasteiger partial charge >= 0.3 is 0 Å². The first-order chi connectivity index (χ1) is 9.04. The van der Waals surface area contributed by atoms with Gasteiger partial charge in [-0.3, -0.25) is 4.79 Å². The van der Waals surface area contributed by atoms with E-state index >= 15 is 0 Å². The average Bonchev–Trinajstić information content (AvgIpc) is 2.33. The Balaban J connectivity index is 1.90. The molecule has 1 aromatic carbocycles. The number of nitrogens with one attached hydrogen (secondary N) is 1. The Morgan fingerprint density at radius 2 is 2.26 bits per heavy atom. The lowest BCUT2D eigenvalue weighted by atomic mass is 9.95. The van der Waals surface area contributed by atoms with E-state index in [4.69, 9.17) is 23.2 Å². The van der Waals surface area contributed by atoms with E-state index in [0.717, 1.165) is 25.9 Å². The van der Waals surface area contributed by atoms with Crippen LogP contribution in [0.2, 0.25) is 10.0 Å². The van der Waals surface area contributed by atoms with Gasteiger partial charge < -0.3 is 10.2 Å². The SMILES string of the molecule is CN1CCCC(CC(=O)Nc2ccc(Cl)cc2Cl)C1. The molecule has 1 atom stereocenters. The van der Waals surface area contributed by atoms with E-state index in [9.17, 15) is 4.79 Å². The van der Waals surface area contributed by atoms with Crippen LogP contribution in [0.5, 0.6) is 0 Å². The van der Waals surface area contributed by atoms with Crippen molar-refractivity contribution in [3.63, 3.8) is 0 Å². The fourth-order valence-corrected chi connectivity index (χ4v) is 2.95. The largest absolute Gasteiger partial charge is 0.325 e. The minimum atomic E-state index is 0.0181. The maximum atomic E-state index is 12.0. The predicted molar refractivity (Wildman–Crippen MR) is 79.9 cm³/mol. The van der Waals surface area contributed by atoms with Crippen LogP contribution in [0.1, 0.15) is 19.3 Å². The zero-order chi connectivity index (χ0) is 13.8. The third-order valence-electron chi connectivity index (χ3n) is 3.40. The normalized spacial score (nSPS) is 20.3. The number of benzene rings is 1. The molecule has 1 unspecified atom stereocenters. The molecule has 3 nitrogen and oxygen atoms in total. The summed E-state index contributed by atoms with van der Waals surface area (Å²) >= 11 is 11.9. The van der Waals surface area contributed by atoms with Gasteiger partial charge in [-0.25, -0.2) is 0 Å². The molecule has 0 spiro atoms. The maximum Gasteiger partial charge on any atom is 0.224 e. The first-order valence-corrected chi connectivity index (χ1v) is 7.23. The molecular weight excluding hydrogens is 283 g/mol. The Morgan fingerprint density at radius 1 is 1.47 bits per heavy atom. The van der Waals surface area contributed by atoms with Crippen molar-refractivity contribution in [2.45, 2.75) is 19.3 Å². The molecule has 1 aliphatic rings. The first kappa shape index (κ1) is 14.6.